The fourth-order valence-electron chi connectivity index (χ4n) is 0.901. The number of aryl methyl sites for hydroxylation is 1. The van der Waals surface area contributed by atoms with Crippen LogP contribution in [0.5, 0.6) is 5.75 Å². The van der Waals surface area contributed by atoms with Crippen molar-refractivity contribution in [3.63, 3.8) is 0 Å². The zero-order valence-electron chi connectivity index (χ0n) is 6.29. The summed E-state index contributed by atoms with van der Waals surface area (Å²) in [4.78, 5) is 9.98. The molecule has 0 heterocycles. The normalized spacial score (nSPS) is 9.55. The van der Waals surface area contributed by atoms with Gasteiger partial charge in [-0.1, -0.05) is 12.1 Å². The van der Waals surface area contributed by atoms with Crippen LogP contribution in [0.4, 0.5) is 0 Å². The predicted molar refractivity (Wildman–Crippen MR) is 42.2 cm³/mol. The molecular weight excluding hydrogens is 140 g/mol. The van der Waals surface area contributed by atoms with Gasteiger partial charge in [-0.05, 0) is 18.6 Å². The molecule has 0 aliphatic carbocycles. The number of benzene rings is 1. The first-order valence-electron chi connectivity index (χ1n) is 3.37. The SMILES string of the molecule is Cc1ccc(C[C]=O)c(O)c1. The van der Waals surface area contributed by atoms with Crippen LogP contribution < -0.4 is 0 Å². The van der Waals surface area contributed by atoms with E-state index < -0.39 is 0 Å². The lowest BCUT2D eigenvalue weighted by atomic mass is 10.1. The Morgan fingerprint density at radius 3 is 2.82 bits per heavy atom. The number of phenolic OH excluding ortho intramolecular Hbond substituents is 1. The smallest absolute Gasteiger partial charge is 0.203 e. The molecule has 1 radical (unpaired) electrons. The second-order valence-electron chi connectivity index (χ2n) is 2.45. The van der Waals surface area contributed by atoms with E-state index in [1.165, 1.54) is 0 Å². The molecule has 2 nitrogen and oxygen atoms in total. The summed E-state index contributed by atoms with van der Waals surface area (Å²) in [6, 6.07) is 5.22. The molecule has 0 amide bonds. The van der Waals surface area contributed by atoms with Gasteiger partial charge in [0.15, 0.2) is 0 Å². The van der Waals surface area contributed by atoms with Crippen LogP contribution >= 0.6 is 0 Å². The first-order valence-corrected chi connectivity index (χ1v) is 3.37. The number of phenols is 1. The number of rotatable bonds is 2. The summed E-state index contributed by atoms with van der Waals surface area (Å²) in [5.74, 6) is 0.174. The minimum Gasteiger partial charge on any atom is -0.508 e. The Balaban J connectivity index is 2.98. The lowest BCUT2D eigenvalue weighted by Crippen LogP contribution is -1.86. The number of aromatic hydroxyl groups is 1. The van der Waals surface area contributed by atoms with Crippen LogP contribution in [0.1, 0.15) is 11.1 Å². The van der Waals surface area contributed by atoms with Gasteiger partial charge in [-0.15, -0.1) is 0 Å². The number of carbonyl (C=O) groups excluding carboxylic acids is 1. The average Bonchev–Trinajstić information content (AvgIpc) is 1.95. The second-order valence-corrected chi connectivity index (χ2v) is 2.45. The fraction of sp³-hybridized carbons (Fsp3) is 0.222. The van der Waals surface area contributed by atoms with Gasteiger partial charge in [0.05, 0.1) is 0 Å². The minimum absolute atomic E-state index is 0.159. The van der Waals surface area contributed by atoms with E-state index >= 15 is 0 Å². The Hall–Kier alpha value is -1.31. The number of hydrogen-bond donors (Lipinski definition) is 1. The van der Waals surface area contributed by atoms with Crippen molar-refractivity contribution in [2.45, 2.75) is 13.3 Å². The molecule has 1 aromatic carbocycles. The van der Waals surface area contributed by atoms with Crippen molar-refractivity contribution >= 4 is 6.29 Å². The third-order valence-electron chi connectivity index (χ3n) is 1.50. The van der Waals surface area contributed by atoms with E-state index in [1.54, 1.807) is 18.4 Å². The van der Waals surface area contributed by atoms with E-state index in [-0.39, 0.29) is 12.2 Å². The van der Waals surface area contributed by atoms with Gasteiger partial charge < -0.3 is 5.11 Å². The zero-order chi connectivity index (χ0) is 8.27. The highest BCUT2D eigenvalue weighted by Gasteiger charge is 1.99. The van der Waals surface area contributed by atoms with Crippen molar-refractivity contribution in [2.75, 3.05) is 0 Å². The van der Waals surface area contributed by atoms with Crippen molar-refractivity contribution in [3.05, 3.63) is 29.3 Å². The maximum atomic E-state index is 9.98. The quantitative estimate of drug-likeness (QED) is 0.689. The molecule has 0 saturated carbocycles. The summed E-state index contributed by atoms with van der Waals surface area (Å²) >= 11 is 0. The van der Waals surface area contributed by atoms with Crippen molar-refractivity contribution in [1.29, 1.82) is 0 Å². The third-order valence-corrected chi connectivity index (χ3v) is 1.50. The molecule has 0 saturated heterocycles. The van der Waals surface area contributed by atoms with Gasteiger partial charge in [0.1, 0.15) is 5.75 Å². The van der Waals surface area contributed by atoms with E-state index in [2.05, 4.69) is 0 Å². The molecule has 0 atom stereocenters. The first-order chi connectivity index (χ1) is 5.24. The fourth-order valence-corrected chi connectivity index (χ4v) is 0.901. The molecule has 0 aliphatic rings. The summed E-state index contributed by atoms with van der Waals surface area (Å²) in [6.07, 6.45) is 1.89. The Morgan fingerprint density at radius 1 is 1.55 bits per heavy atom. The molecule has 0 spiro atoms. The lowest BCUT2D eigenvalue weighted by Gasteiger charge is -1.99. The Labute approximate surface area is 65.5 Å². The Kier molecular flexibility index (Phi) is 2.26. The molecule has 0 aliphatic heterocycles. The molecule has 0 aromatic heterocycles. The molecule has 1 aromatic rings. The van der Waals surface area contributed by atoms with E-state index in [0.29, 0.717) is 5.56 Å². The van der Waals surface area contributed by atoms with Crippen LogP contribution in [0.25, 0.3) is 0 Å². The van der Waals surface area contributed by atoms with Crippen molar-refractivity contribution in [2.24, 2.45) is 0 Å². The first kappa shape index (κ1) is 7.79. The highest BCUT2D eigenvalue weighted by atomic mass is 16.3. The van der Waals surface area contributed by atoms with Crippen molar-refractivity contribution in [1.82, 2.24) is 0 Å². The van der Waals surface area contributed by atoms with E-state index in [4.69, 9.17) is 0 Å². The van der Waals surface area contributed by atoms with Gasteiger partial charge in [0, 0.05) is 12.0 Å². The summed E-state index contributed by atoms with van der Waals surface area (Å²) in [5.41, 5.74) is 1.61. The van der Waals surface area contributed by atoms with Gasteiger partial charge in [0.25, 0.3) is 0 Å². The predicted octanol–water partition coefficient (Wildman–Crippen LogP) is 1.35. The molecule has 11 heavy (non-hydrogen) atoms. The molecule has 0 bridgehead atoms. The lowest BCUT2D eigenvalue weighted by molar-refractivity contribution is 0.468. The van der Waals surface area contributed by atoms with E-state index in [1.807, 2.05) is 13.0 Å². The molecule has 0 unspecified atom stereocenters. The van der Waals surface area contributed by atoms with Gasteiger partial charge in [0.2, 0.25) is 6.29 Å². The monoisotopic (exact) mass is 149 g/mol. The summed E-state index contributed by atoms with van der Waals surface area (Å²) in [6.45, 7) is 1.88. The van der Waals surface area contributed by atoms with Crippen LogP contribution in [0.3, 0.4) is 0 Å². The maximum absolute atomic E-state index is 9.98. The van der Waals surface area contributed by atoms with Gasteiger partial charge in [-0.25, -0.2) is 0 Å². The molecular formula is C9H9O2. The summed E-state index contributed by atoms with van der Waals surface area (Å²) in [7, 11) is 0. The summed E-state index contributed by atoms with van der Waals surface area (Å²) < 4.78 is 0. The van der Waals surface area contributed by atoms with Gasteiger partial charge >= 0.3 is 0 Å². The van der Waals surface area contributed by atoms with E-state index in [0.717, 1.165) is 5.56 Å². The van der Waals surface area contributed by atoms with Crippen LogP contribution in [-0.4, -0.2) is 11.4 Å². The number of hydrogen-bond acceptors (Lipinski definition) is 2. The van der Waals surface area contributed by atoms with Crippen LogP contribution in [0.2, 0.25) is 0 Å². The average molecular weight is 149 g/mol. The van der Waals surface area contributed by atoms with Gasteiger partial charge in [-0.2, -0.15) is 0 Å². The maximum Gasteiger partial charge on any atom is 0.203 e. The summed E-state index contributed by atoms with van der Waals surface area (Å²) in [5, 5.41) is 9.24. The minimum atomic E-state index is 0.159. The standard InChI is InChI=1S/C9H9O2/c1-7-2-3-8(4-5-10)9(11)6-7/h2-3,6,11H,4H2,1H3. The molecule has 1 N–H and O–H groups in total. The van der Waals surface area contributed by atoms with Crippen LogP contribution in [0.15, 0.2) is 18.2 Å². The Bertz CT molecular complexity index is 266. The highest BCUT2D eigenvalue weighted by molar-refractivity contribution is 5.58. The largest absolute Gasteiger partial charge is 0.508 e. The van der Waals surface area contributed by atoms with Crippen LogP contribution in [-0.2, 0) is 11.2 Å². The topological polar surface area (TPSA) is 37.3 Å². The highest BCUT2D eigenvalue weighted by Crippen LogP contribution is 2.17. The molecule has 57 valence electrons. The van der Waals surface area contributed by atoms with Crippen molar-refractivity contribution in [3.8, 4) is 5.75 Å². The molecule has 1 rings (SSSR count). The molecule has 2 heteroatoms. The van der Waals surface area contributed by atoms with E-state index in [9.17, 15) is 9.90 Å². The van der Waals surface area contributed by atoms with Crippen molar-refractivity contribution < 1.29 is 9.90 Å². The zero-order valence-corrected chi connectivity index (χ0v) is 6.29. The second kappa shape index (κ2) is 3.19. The Morgan fingerprint density at radius 2 is 2.27 bits per heavy atom. The van der Waals surface area contributed by atoms with Crippen LogP contribution in [0, 0.1) is 6.92 Å². The molecule has 0 fully saturated rings. The van der Waals surface area contributed by atoms with Gasteiger partial charge in [-0.3, -0.25) is 4.79 Å². The third kappa shape index (κ3) is 1.80.